The second kappa shape index (κ2) is 16.5. The number of nitrogens with one attached hydrogen (secondary N) is 7. The Labute approximate surface area is 316 Å². The summed E-state index contributed by atoms with van der Waals surface area (Å²) in [5, 5.41) is 30.0. The van der Waals surface area contributed by atoms with E-state index in [0.29, 0.717) is 60.0 Å². The van der Waals surface area contributed by atoms with Crippen molar-refractivity contribution in [3.05, 3.63) is 61.2 Å². The number of aromatic nitrogens is 14. The van der Waals surface area contributed by atoms with Crippen LogP contribution in [0.25, 0.3) is 22.3 Å². The van der Waals surface area contributed by atoms with Crippen molar-refractivity contribution >= 4 is 45.9 Å². The molecule has 1 aliphatic heterocycles. The van der Waals surface area contributed by atoms with Crippen LogP contribution >= 0.6 is 0 Å². The van der Waals surface area contributed by atoms with Gasteiger partial charge in [-0.2, -0.15) is 24.7 Å². The third kappa shape index (κ3) is 8.32. The fraction of sp³-hybridized carbons (Fsp3) is 0.486. The van der Waals surface area contributed by atoms with Gasteiger partial charge in [-0.3, -0.25) is 4.57 Å². The number of aryl methyl sites for hydroxylation is 1. The van der Waals surface area contributed by atoms with E-state index >= 15 is 0 Å². The summed E-state index contributed by atoms with van der Waals surface area (Å²) in [6, 6.07) is 0.424. The van der Waals surface area contributed by atoms with Crippen molar-refractivity contribution in [1.29, 1.82) is 0 Å². The molecule has 55 heavy (non-hydrogen) atoms. The topological polar surface area (TPSA) is 240 Å². The highest BCUT2D eigenvalue weighted by atomic mass is 16.5. The Bertz CT molecular complexity index is 2210. The van der Waals surface area contributed by atoms with E-state index in [0.717, 1.165) is 68.4 Å². The maximum atomic E-state index is 6.45. The third-order valence-electron chi connectivity index (χ3n) is 9.94. The smallest absolute Gasteiger partial charge is 0.226 e. The number of fused-ring (bicyclic) bond motifs is 2. The molecule has 6 aromatic rings. The van der Waals surface area contributed by atoms with Crippen LogP contribution in [-0.2, 0) is 17.7 Å². The molecule has 1 saturated carbocycles. The number of aromatic amines is 2. The first-order valence-electron chi connectivity index (χ1n) is 18.9. The van der Waals surface area contributed by atoms with E-state index < -0.39 is 0 Å². The molecule has 2 fully saturated rings. The fourth-order valence-electron chi connectivity index (χ4n) is 7.00. The Morgan fingerprint density at radius 1 is 0.945 bits per heavy atom. The fourth-order valence-corrected chi connectivity index (χ4v) is 7.00. The lowest BCUT2D eigenvalue weighted by Gasteiger charge is -2.30. The van der Waals surface area contributed by atoms with E-state index in [1.165, 1.54) is 5.57 Å². The van der Waals surface area contributed by atoms with Crippen LogP contribution in [0, 0.1) is 0 Å². The molecule has 0 amide bonds. The summed E-state index contributed by atoms with van der Waals surface area (Å²) in [7, 11) is 0. The van der Waals surface area contributed by atoms with Crippen molar-refractivity contribution in [3.63, 3.8) is 0 Å². The van der Waals surface area contributed by atoms with Crippen molar-refractivity contribution in [2.24, 2.45) is 0 Å². The van der Waals surface area contributed by atoms with Crippen LogP contribution in [0.1, 0.15) is 82.6 Å². The molecule has 2 aliphatic rings. The molecule has 20 nitrogen and oxygen atoms in total. The SMILES string of the molecule is C=CN/C=C(\C)CCNc1nc(NC2CCC(Nc3nc(NCCc4cnc[nH]4)nc4nc[nH]c34)CC2)c2ncn(C3CCC(c4nnn(CC)n4)O3)c2n1. The van der Waals surface area contributed by atoms with Crippen LogP contribution < -0.4 is 26.6 Å². The summed E-state index contributed by atoms with van der Waals surface area (Å²) in [4.78, 5) is 40.5. The van der Waals surface area contributed by atoms with Crippen LogP contribution in [0.3, 0.4) is 0 Å². The van der Waals surface area contributed by atoms with Gasteiger partial charge in [0.2, 0.25) is 17.7 Å². The largest absolute Gasteiger partial charge is 0.368 e. The lowest BCUT2D eigenvalue weighted by Crippen LogP contribution is -2.33. The van der Waals surface area contributed by atoms with E-state index in [9.17, 15) is 0 Å². The highest BCUT2D eigenvalue weighted by Crippen LogP contribution is 2.38. The van der Waals surface area contributed by atoms with Crippen LogP contribution in [0.4, 0.5) is 23.5 Å². The molecule has 2 unspecified atom stereocenters. The average Bonchev–Trinajstić information content (AvgIpc) is 4.05. The number of imidazole rings is 3. The Hall–Kier alpha value is -6.18. The minimum atomic E-state index is -0.272. The van der Waals surface area contributed by atoms with Crippen molar-refractivity contribution in [1.82, 2.24) is 74.9 Å². The molecule has 1 aliphatic carbocycles. The zero-order chi connectivity index (χ0) is 37.6. The Balaban J connectivity index is 0.948. The quantitative estimate of drug-likeness (QED) is 0.0691. The minimum absolute atomic E-state index is 0.195. The zero-order valence-electron chi connectivity index (χ0n) is 31.0. The summed E-state index contributed by atoms with van der Waals surface area (Å²) < 4.78 is 8.45. The van der Waals surface area contributed by atoms with Gasteiger partial charge in [0.15, 0.2) is 28.4 Å². The Morgan fingerprint density at radius 2 is 1.75 bits per heavy atom. The maximum Gasteiger partial charge on any atom is 0.226 e. The molecule has 6 aromatic heterocycles. The van der Waals surface area contributed by atoms with Crippen LogP contribution in [0.2, 0.25) is 0 Å². The van der Waals surface area contributed by atoms with Crippen molar-refractivity contribution < 1.29 is 4.74 Å². The van der Waals surface area contributed by atoms with E-state index in [2.05, 4.69) is 80.4 Å². The number of nitrogens with zero attached hydrogens (tertiary/aromatic N) is 12. The monoisotopic (exact) mass is 749 g/mol. The standard InChI is InChI=1S/C35H47N19O/c1-4-36-16-21(3)12-14-38-35-48-32(28-33(49-35)53(20-43-28)26-11-10-25(55-26)29-50-52-54(5-2)51-29)45-23-8-6-22(7-9-23)44-31-27-30(42-19-41-27)46-34(47-31)39-15-13-24-17-37-18-40-24/h4,16-20,22-23,25-26,36H,1,5-15H2,2-3H3,(H,37,40)(H2,38,45,48,49)(H3,39,41,42,44,46,47)/b21-16+. The number of anilines is 4. The molecular weight excluding hydrogens is 703 g/mol. The molecule has 0 spiro atoms. The van der Waals surface area contributed by atoms with Crippen LogP contribution in [0.15, 0.2) is 49.7 Å². The summed E-state index contributed by atoms with van der Waals surface area (Å²) in [5.41, 5.74) is 5.04. The van der Waals surface area contributed by atoms with Crippen molar-refractivity contribution in [2.45, 2.75) is 96.2 Å². The number of ether oxygens (including phenoxy) is 1. The minimum Gasteiger partial charge on any atom is -0.368 e. The molecule has 0 bridgehead atoms. The normalized spacial score (nSPS) is 20.2. The van der Waals surface area contributed by atoms with Crippen molar-refractivity contribution in [2.75, 3.05) is 34.4 Å². The summed E-state index contributed by atoms with van der Waals surface area (Å²) in [6.45, 7) is 9.74. The zero-order valence-corrected chi connectivity index (χ0v) is 31.0. The van der Waals surface area contributed by atoms with Gasteiger partial charge in [-0.25, -0.2) is 15.0 Å². The second-order valence-corrected chi connectivity index (χ2v) is 13.8. The van der Waals surface area contributed by atoms with E-state index in [4.69, 9.17) is 24.7 Å². The van der Waals surface area contributed by atoms with E-state index in [-0.39, 0.29) is 24.4 Å². The number of hydrogen-bond donors (Lipinski definition) is 7. The number of tetrazole rings is 1. The van der Waals surface area contributed by atoms with Gasteiger partial charge in [-0.1, -0.05) is 12.2 Å². The lowest BCUT2D eigenvalue weighted by molar-refractivity contribution is -0.000968. The number of hydrogen-bond acceptors (Lipinski definition) is 16. The molecule has 7 N–H and O–H groups in total. The highest BCUT2D eigenvalue weighted by molar-refractivity contribution is 5.85. The van der Waals surface area contributed by atoms with Gasteiger partial charge < -0.3 is 41.3 Å². The summed E-state index contributed by atoms with van der Waals surface area (Å²) in [5.74, 6) is 3.10. The first-order valence-corrected chi connectivity index (χ1v) is 18.9. The molecule has 0 aromatic carbocycles. The van der Waals surface area contributed by atoms with Gasteiger partial charge in [0.25, 0.3) is 0 Å². The molecule has 1 saturated heterocycles. The number of H-pyrrole nitrogens is 2. The van der Waals surface area contributed by atoms with Gasteiger partial charge in [-0.05, 0) is 76.4 Å². The third-order valence-corrected chi connectivity index (χ3v) is 9.94. The van der Waals surface area contributed by atoms with E-state index in [1.807, 2.05) is 23.9 Å². The highest BCUT2D eigenvalue weighted by Gasteiger charge is 2.33. The molecule has 7 heterocycles. The molecule has 2 atom stereocenters. The lowest BCUT2D eigenvalue weighted by atomic mass is 9.91. The predicted molar refractivity (Wildman–Crippen MR) is 207 cm³/mol. The second-order valence-electron chi connectivity index (χ2n) is 13.8. The summed E-state index contributed by atoms with van der Waals surface area (Å²) >= 11 is 0. The predicted octanol–water partition coefficient (Wildman–Crippen LogP) is 4.20. The molecule has 8 rings (SSSR count). The van der Waals surface area contributed by atoms with Crippen LogP contribution in [0.5, 0.6) is 0 Å². The Kier molecular flexibility index (Phi) is 10.7. The molecular formula is C35H47N19O. The number of rotatable bonds is 17. The first kappa shape index (κ1) is 35.8. The van der Waals surface area contributed by atoms with Crippen molar-refractivity contribution in [3.8, 4) is 0 Å². The maximum absolute atomic E-state index is 6.45. The van der Waals surface area contributed by atoms with Crippen LogP contribution in [-0.4, -0.2) is 94.8 Å². The first-order chi connectivity index (χ1) is 27.0. The molecule has 20 heteroatoms. The summed E-state index contributed by atoms with van der Waals surface area (Å²) in [6.07, 6.45) is 16.9. The van der Waals surface area contributed by atoms with Gasteiger partial charge in [0.05, 0.1) is 25.5 Å². The van der Waals surface area contributed by atoms with Gasteiger partial charge in [0.1, 0.15) is 17.8 Å². The van der Waals surface area contributed by atoms with Gasteiger partial charge >= 0.3 is 0 Å². The molecule has 288 valence electrons. The van der Waals surface area contributed by atoms with Gasteiger partial charge in [-0.15, -0.1) is 10.2 Å². The molecule has 0 radical (unpaired) electrons. The average molecular weight is 750 g/mol. The van der Waals surface area contributed by atoms with E-state index in [1.54, 1.807) is 30.0 Å². The van der Waals surface area contributed by atoms with Gasteiger partial charge in [0, 0.05) is 43.5 Å². The Morgan fingerprint density at radius 3 is 2.53 bits per heavy atom.